The average Bonchev–Trinajstić information content (AvgIpc) is 2.67. The second kappa shape index (κ2) is 8.58. The highest BCUT2D eigenvalue weighted by molar-refractivity contribution is 6.31. The molecule has 144 valence electrons. The van der Waals surface area contributed by atoms with E-state index in [1.165, 1.54) is 7.11 Å². The van der Waals surface area contributed by atoms with Crippen LogP contribution >= 0.6 is 11.6 Å². The zero-order valence-electron chi connectivity index (χ0n) is 15.6. The molecule has 0 aliphatic rings. The molecule has 0 amide bonds. The second-order valence-electron chi connectivity index (χ2n) is 5.89. The maximum absolute atomic E-state index is 11.7. The van der Waals surface area contributed by atoms with Crippen molar-refractivity contribution < 1.29 is 14.3 Å². The van der Waals surface area contributed by atoms with Crippen molar-refractivity contribution in [3.05, 3.63) is 64.8 Å². The number of nitrogens with one attached hydrogen (secondary N) is 2. The molecular formula is C20H19ClN4O3. The van der Waals surface area contributed by atoms with Crippen LogP contribution in [0.15, 0.2) is 48.5 Å². The normalized spacial score (nSPS) is 10.3. The zero-order chi connectivity index (χ0) is 20.1. The SMILES string of the molecule is COC(=O)c1cccc(Nc2cc(C)nc(Nc3cc(Cl)ccc3OC)n2)c1. The molecule has 28 heavy (non-hydrogen) atoms. The van der Waals surface area contributed by atoms with Gasteiger partial charge in [0.25, 0.3) is 0 Å². The van der Waals surface area contributed by atoms with Crippen molar-refractivity contribution in [3.8, 4) is 5.75 Å². The Balaban J connectivity index is 1.86. The van der Waals surface area contributed by atoms with Crippen LogP contribution < -0.4 is 15.4 Å². The van der Waals surface area contributed by atoms with Crippen molar-refractivity contribution in [2.45, 2.75) is 6.92 Å². The number of nitrogens with zero attached hydrogens (tertiary/aromatic N) is 2. The molecular weight excluding hydrogens is 380 g/mol. The van der Waals surface area contributed by atoms with E-state index in [0.29, 0.717) is 39.5 Å². The van der Waals surface area contributed by atoms with Crippen molar-refractivity contribution in [2.24, 2.45) is 0 Å². The van der Waals surface area contributed by atoms with E-state index in [2.05, 4.69) is 20.6 Å². The third-order valence-corrected chi connectivity index (χ3v) is 4.05. The number of rotatable bonds is 6. The Morgan fingerprint density at radius 3 is 2.61 bits per heavy atom. The Morgan fingerprint density at radius 1 is 1.04 bits per heavy atom. The van der Waals surface area contributed by atoms with Gasteiger partial charge in [-0.15, -0.1) is 0 Å². The molecule has 0 aliphatic heterocycles. The predicted octanol–water partition coefficient (Wildman–Crippen LogP) is 4.72. The van der Waals surface area contributed by atoms with Gasteiger partial charge in [-0.2, -0.15) is 4.98 Å². The van der Waals surface area contributed by atoms with E-state index in [4.69, 9.17) is 21.1 Å². The molecule has 0 unspecified atom stereocenters. The minimum absolute atomic E-state index is 0.382. The molecule has 0 saturated heterocycles. The number of hydrogen-bond acceptors (Lipinski definition) is 7. The maximum atomic E-state index is 11.7. The van der Waals surface area contributed by atoms with E-state index in [9.17, 15) is 4.79 Å². The van der Waals surface area contributed by atoms with Gasteiger partial charge in [-0.25, -0.2) is 9.78 Å². The summed E-state index contributed by atoms with van der Waals surface area (Å²) in [7, 11) is 2.92. The standard InChI is InChI=1S/C20H19ClN4O3/c1-12-9-18(23-15-6-4-5-13(10-15)19(26)28-3)25-20(22-12)24-16-11-14(21)7-8-17(16)27-2/h4-11H,1-3H3,(H2,22,23,24,25). The number of methoxy groups -OCH3 is 2. The molecule has 0 saturated carbocycles. The molecule has 2 N–H and O–H groups in total. The van der Waals surface area contributed by atoms with Gasteiger partial charge < -0.3 is 20.1 Å². The molecule has 3 aromatic rings. The molecule has 1 aromatic heterocycles. The zero-order valence-corrected chi connectivity index (χ0v) is 16.4. The number of benzene rings is 2. The Bertz CT molecular complexity index is 1010. The number of ether oxygens (including phenoxy) is 2. The first-order chi connectivity index (χ1) is 13.5. The summed E-state index contributed by atoms with van der Waals surface area (Å²) >= 11 is 6.08. The Morgan fingerprint density at radius 2 is 1.86 bits per heavy atom. The van der Waals surface area contributed by atoms with Crippen LogP contribution in [-0.4, -0.2) is 30.2 Å². The Kier molecular flexibility index (Phi) is 5.96. The Labute approximate surface area is 167 Å². The maximum Gasteiger partial charge on any atom is 0.337 e. The fourth-order valence-corrected chi connectivity index (χ4v) is 2.75. The monoisotopic (exact) mass is 398 g/mol. The third-order valence-electron chi connectivity index (χ3n) is 3.82. The first kappa shape index (κ1) is 19.4. The van der Waals surface area contributed by atoms with Crippen LogP contribution in [0.1, 0.15) is 16.1 Å². The highest BCUT2D eigenvalue weighted by Gasteiger charge is 2.10. The van der Waals surface area contributed by atoms with Crippen molar-refractivity contribution in [2.75, 3.05) is 24.9 Å². The number of halogens is 1. The smallest absolute Gasteiger partial charge is 0.337 e. The number of hydrogen-bond donors (Lipinski definition) is 2. The summed E-state index contributed by atoms with van der Waals surface area (Å²) in [5.74, 6) is 1.16. The van der Waals surface area contributed by atoms with Gasteiger partial charge in [0.15, 0.2) is 0 Å². The summed E-state index contributed by atoms with van der Waals surface area (Å²) in [6.45, 7) is 1.86. The van der Waals surface area contributed by atoms with Gasteiger partial charge in [-0.1, -0.05) is 17.7 Å². The molecule has 3 rings (SSSR count). The number of carbonyl (C=O) groups is 1. The average molecular weight is 399 g/mol. The van der Waals surface area contributed by atoms with Gasteiger partial charge in [-0.3, -0.25) is 0 Å². The topological polar surface area (TPSA) is 85.4 Å². The lowest BCUT2D eigenvalue weighted by molar-refractivity contribution is 0.0601. The van der Waals surface area contributed by atoms with E-state index in [1.54, 1.807) is 49.6 Å². The summed E-state index contributed by atoms with van der Waals surface area (Å²) in [4.78, 5) is 20.6. The van der Waals surface area contributed by atoms with Crippen LogP contribution in [0.3, 0.4) is 0 Å². The Hall–Kier alpha value is -3.32. The van der Waals surface area contributed by atoms with Crippen molar-refractivity contribution in [1.29, 1.82) is 0 Å². The lowest BCUT2D eigenvalue weighted by Crippen LogP contribution is -2.04. The summed E-state index contributed by atoms with van der Waals surface area (Å²) in [5.41, 5.74) is 2.55. The van der Waals surface area contributed by atoms with Crippen LogP contribution in [-0.2, 0) is 4.74 Å². The molecule has 7 nitrogen and oxygen atoms in total. The third kappa shape index (κ3) is 4.69. The molecule has 0 atom stereocenters. The summed E-state index contributed by atoms with van der Waals surface area (Å²) in [6, 6.07) is 14.0. The largest absolute Gasteiger partial charge is 0.495 e. The molecule has 0 aliphatic carbocycles. The summed E-state index contributed by atoms with van der Waals surface area (Å²) in [5, 5.41) is 6.86. The summed E-state index contributed by atoms with van der Waals surface area (Å²) < 4.78 is 10.1. The molecule has 0 bridgehead atoms. The molecule has 8 heteroatoms. The van der Waals surface area contributed by atoms with Crippen LogP contribution in [0.4, 0.5) is 23.1 Å². The van der Waals surface area contributed by atoms with Crippen LogP contribution in [0.5, 0.6) is 5.75 Å². The molecule has 0 spiro atoms. The highest BCUT2D eigenvalue weighted by Crippen LogP contribution is 2.30. The fraction of sp³-hybridized carbons (Fsp3) is 0.150. The molecule has 1 heterocycles. The van der Waals surface area contributed by atoms with Crippen molar-refractivity contribution in [1.82, 2.24) is 9.97 Å². The lowest BCUT2D eigenvalue weighted by Gasteiger charge is -2.13. The number of carbonyl (C=O) groups excluding carboxylic acids is 1. The molecule has 0 fully saturated rings. The molecule has 0 radical (unpaired) electrons. The lowest BCUT2D eigenvalue weighted by atomic mass is 10.2. The second-order valence-corrected chi connectivity index (χ2v) is 6.32. The van der Waals surface area contributed by atoms with Crippen LogP contribution in [0, 0.1) is 6.92 Å². The number of aromatic nitrogens is 2. The number of esters is 1. The van der Waals surface area contributed by atoms with Crippen molar-refractivity contribution in [3.63, 3.8) is 0 Å². The minimum atomic E-state index is -0.405. The van der Waals surface area contributed by atoms with Crippen molar-refractivity contribution >= 4 is 40.7 Å². The van der Waals surface area contributed by atoms with Gasteiger partial charge in [0.1, 0.15) is 11.6 Å². The van der Waals surface area contributed by atoms with E-state index < -0.39 is 5.97 Å². The first-order valence-electron chi connectivity index (χ1n) is 8.40. The predicted molar refractivity (Wildman–Crippen MR) is 109 cm³/mol. The first-order valence-corrected chi connectivity index (χ1v) is 8.78. The number of anilines is 4. The number of aryl methyl sites for hydroxylation is 1. The minimum Gasteiger partial charge on any atom is -0.495 e. The van der Waals surface area contributed by atoms with Gasteiger partial charge >= 0.3 is 5.97 Å². The van der Waals surface area contributed by atoms with Gasteiger partial charge in [0, 0.05) is 22.5 Å². The van der Waals surface area contributed by atoms with E-state index in [-0.39, 0.29) is 0 Å². The molecule has 2 aromatic carbocycles. The van der Waals surface area contributed by atoms with E-state index in [1.807, 2.05) is 13.0 Å². The van der Waals surface area contributed by atoms with Crippen LogP contribution in [0.25, 0.3) is 0 Å². The van der Waals surface area contributed by atoms with Gasteiger partial charge in [-0.05, 0) is 43.3 Å². The van der Waals surface area contributed by atoms with Gasteiger partial charge in [0.2, 0.25) is 5.95 Å². The summed E-state index contributed by atoms with van der Waals surface area (Å²) in [6.07, 6.45) is 0. The van der Waals surface area contributed by atoms with E-state index >= 15 is 0 Å². The van der Waals surface area contributed by atoms with Gasteiger partial charge in [0.05, 0.1) is 25.5 Å². The quantitative estimate of drug-likeness (QED) is 0.581. The van der Waals surface area contributed by atoms with Crippen LogP contribution in [0.2, 0.25) is 5.02 Å². The fourth-order valence-electron chi connectivity index (χ4n) is 2.58. The van der Waals surface area contributed by atoms with E-state index in [0.717, 1.165) is 5.69 Å². The highest BCUT2D eigenvalue weighted by atomic mass is 35.5.